The van der Waals surface area contributed by atoms with Gasteiger partial charge in [-0.05, 0) is 31.8 Å². The number of imidazole rings is 1. The van der Waals surface area contributed by atoms with Crippen LogP contribution >= 0.6 is 0 Å². The van der Waals surface area contributed by atoms with Crippen molar-refractivity contribution in [2.75, 3.05) is 30.9 Å². The Hall–Kier alpha value is -4.60. The Morgan fingerprint density at radius 2 is 2.00 bits per heavy atom. The first-order valence-electron chi connectivity index (χ1n) is 10.9. The van der Waals surface area contributed by atoms with E-state index >= 15 is 4.39 Å². The minimum atomic E-state index is -0.362. The molecule has 0 unspecified atom stereocenters. The number of hydrogen-bond donors (Lipinski definition) is 2. The summed E-state index contributed by atoms with van der Waals surface area (Å²) in [5, 5.41) is 8.08. The van der Waals surface area contributed by atoms with Crippen molar-refractivity contribution in [3.63, 3.8) is 0 Å². The zero-order chi connectivity index (χ0) is 24.7. The summed E-state index contributed by atoms with van der Waals surface area (Å²) in [6, 6.07) is 7.00. The van der Waals surface area contributed by atoms with E-state index in [1.165, 1.54) is 6.07 Å². The predicted molar refractivity (Wildman–Crippen MR) is 138 cm³/mol. The number of hydrogen-bond acceptors (Lipinski definition) is 7. The van der Waals surface area contributed by atoms with Crippen molar-refractivity contribution in [2.24, 2.45) is 4.99 Å². The first-order chi connectivity index (χ1) is 16.9. The molecule has 0 atom stereocenters. The van der Waals surface area contributed by atoms with Gasteiger partial charge >= 0.3 is 0 Å². The minimum Gasteiger partial charge on any atom is -0.376 e. The van der Waals surface area contributed by atoms with E-state index in [9.17, 15) is 0 Å². The molecule has 5 rings (SSSR count). The molecule has 0 bridgehead atoms. The number of nitrogens with one attached hydrogen (secondary N) is 2. The van der Waals surface area contributed by atoms with Crippen LogP contribution in [0.5, 0.6) is 0 Å². The van der Waals surface area contributed by atoms with E-state index in [1.54, 1.807) is 24.7 Å². The van der Waals surface area contributed by atoms with E-state index in [1.807, 2.05) is 56.2 Å². The fourth-order valence-corrected chi connectivity index (χ4v) is 3.95. The lowest BCUT2D eigenvalue weighted by molar-refractivity contribution is 0.632. The van der Waals surface area contributed by atoms with Gasteiger partial charge in [0.1, 0.15) is 17.0 Å². The lowest BCUT2D eigenvalue weighted by Gasteiger charge is -2.15. The second kappa shape index (κ2) is 8.64. The highest BCUT2D eigenvalue weighted by Gasteiger charge is 2.18. The van der Waals surface area contributed by atoms with Gasteiger partial charge in [-0.1, -0.05) is 0 Å². The summed E-state index contributed by atoms with van der Waals surface area (Å²) >= 11 is 0. The van der Waals surface area contributed by atoms with E-state index in [-0.39, 0.29) is 5.82 Å². The lowest BCUT2D eigenvalue weighted by atomic mass is 10.0. The summed E-state index contributed by atoms with van der Waals surface area (Å²) in [4.78, 5) is 24.5. The summed E-state index contributed by atoms with van der Waals surface area (Å²) in [5.74, 6) is 0.165. The molecule has 176 valence electrons. The van der Waals surface area contributed by atoms with Gasteiger partial charge in [0.2, 0.25) is 0 Å². The number of anilines is 2. The van der Waals surface area contributed by atoms with Crippen molar-refractivity contribution in [3.8, 4) is 22.6 Å². The molecule has 4 heterocycles. The van der Waals surface area contributed by atoms with Crippen molar-refractivity contribution in [3.05, 3.63) is 60.6 Å². The summed E-state index contributed by atoms with van der Waals surface area (Å²) in [6.07, 6.45) is 6.96. The first-order valence-corrected chi connectivity index (χ1v) is 10.9. The van der Waals surface area contributed by atoms with Crippen LogP contribution in [0.15, 0.2) is 59.7 Å². The molecule has 5 aromatic rings. The summed E-state index contributed by atoms with van der Waals surface area (Å²) in [7, 11) is 5.75. The lowest BCUT2D eigenvalue weighted by Crippen LogP contribution is -2.09. The van der Waals surface area contributed by atoms with Crippen molar-refractivity contribution in [1.82, 2.24) is 30.1 Å². The van der Waals surface area contributed by atoms with Crippen LogP contribution in [0.25, 0.3) is 44.7 Å². The van der Waals surface area contributed by atoms with Gasteiger partial charge in [0.15, 0.2) is 11.5 Å². The standard InChI is InChI=1S/C25H24FN9/c1-14(27-2)13-35(5)21-6-7-29-24-23(21)30-25(31-24)22-18-9-17(19(26)10-20(18)32-33-22)15-8-16(34(3)4)12-28-11-15/h6-13H,2H2,1,3-5H3,(H,32,33)(H,29,30,31)/b14-13-. The van der Waals surface area contributed by atoms with Crippen LogP contribution in [-0.2, 0) is 0 Å². The average Bonchev–Trinajstić information content (AvgIpc) is 3.46. The van der Waals surface area contributed by atoms with Crippen molar-refractivity contribution in [2.45, 2.75) is 6.92 Å². The number of H-pyrrole nitrogens is 2. The Morgan fingerprint density at radius 1 is 1.17 bits per heavy atom. The average molecular weight is 470 g/mol. The maximum atomic E-state index is 15.0. The van der Waals surface area contributed by atoms with Crippen LogP contribution in [0.1, 0.15) is 6.92 Å². The number of allylic oxidation sites excluding steroid dienone is 1. The number of aromatic amines is 2. The zero-order valence-corrected chi connectivity index (χ0v) is 19.8. The van der Waals surface area contributed by atoms with E-state index in [0.29, 0.717) is 33.8 Å². The smallest absolute Gasteiger partial charge is 0.180 e. The van der Waals surface area contributed by atoms with Crippen LogP contribution in [-0.4, -0.2) is 58.0 Å². The highest BCUT2D eigenvalue weighted by atomic mass is 19.1. The Balaban J connectivity index is 1.63. The van der Waals surface area contributed by atoms with Gasteiger partial charge in [-0.25, -0.2) is 14.4 Å². The molecule has 4 aromatic heterocycles. The van der Waals surface area contributed by atoms with Gasteiger partial charge in [-0.15, -0.1) is 0 Å². The highest BCUT2D eigenvalue weighted by molar-refractivity contribution is 5.97. The second-order valence-electron chi connectivity index (χ2n) is 8.43. The maximum Gasteiger partial charge on any atom is 0.180 e. The first kappa shape index (κ1) is 22.2. The SMILES string of the molecule is C=N/C(C)=C\N(C)c1ccnc2nc(-c3n[nH]c4cc(F)c(-c5cncc(N(C)C)c5)cc34)[nH]c12. The molecular weight excluding hydrogens is 445 g/mol. The van der Waals surface area contributed by atoms with Crippen LogP contribution in [0.3, 0.4) is 0 Å². The van der Waals surface area contributed by atoms with E-state index in [0.717, 1.165) is 28.0 Å². The Labute approximate surface area is 201 Å². The Bertz CT molecular complexity index is 1600. The predicted octanol–water partition coefficient (Wildman–Crippen LogP) is 4.77. The van der Waals surface area contributed by atoms with E-state index in [4.69, 9.17) is 0 Å². The third-order valence-corrected chi connectivity index (χ3v) is 5.81. The normalized spacial score (nSPS) is 11.9. The number of fused-ring (bicyclic) bond motifs is 2. The molecule has 0 aliphatic rings. The number of aliphatic imine (C=N–C) groups is 1. The second-order valence-corrected chi connectivity index (χ2v) is 8.43. The Morgan fingerprint density at radius 3 is 2.77 bits per heavy atom. The molecule has 0 amide bonds. The molecule has 1 aromatic carbocycles. The van der Waals surface area contributed by atoms with E-state index < -0.39 is 0 Å². The van der Waals surface area contributed by atoms with Crippen molar-refractivity contribution in [1.29, 1.82) is 0 Å². The molecule has 0 saturated heterocycles. The summed E-state index contributed by atoms with van der Waals surface area (Å²) in [6.45, 7) is 5.43. The topological polar surface area (TPSA) is 102 Å². The number of pyridine rings is 2. The van der Waals surface area contributed by atoms with Crippen LogP contribution in [0.2, 0.25) is 0 Å². The van der Waals surface area contributed by atoms with Crippen molar-refractivity contribution >= 4 is 40.2 Å². The molecule has 0 radical (unpaired) electrons. The molecule has 9 nitrogen and oxygen atoms in total. The van der Waals surface area contributed by atoms with Crippen LogP contribution in [0, 0.1) is 5.82 Å². The summed E-state index contributed by atoms with van der Waals surface area (Å²) in [5.41, 5.74) is 6.07. The fraction of sp³-hybridized carbons (Fsp3) is 0.160. The van der Waals surface area contributed by atoms with Gasteiger partial charge in [0.25, 0.3) is 0 Å². The van der Waals surface area contributed by atoms with Gasteiger partial charge in [0.05, 0.1) is 28.8 Å². The van der Waals surface area contributed by atoms with Crippen molar-refractivity contribution < 1.29 is 4.39 Å². The van der Waals surface area contributed by atoms with Gasteiger partial charge < -0.3 is 14.8 Å². The molecule has 10 heteroatoms. The molecule has 0 spiro atoms. The quantitative estimate of drug-likeness (QED) is 0.348. The largest absolute Gasteiger partial charge is 0.376 e. The molecule has 0 saturated carbocycles. The van der Waals surface area contributed by atoms with E-state index in [2.05, 4.69) is 41.8 Å². The summed E-state index contributed by atoms with van der Waals surface area (Å²) < 4.78 is 15.0. The number of rotatable bonds is 6. The third kappa shape index (κ3) is 3.99. The van der Waals surface area contributed by atoms with Gasteiger partial charge in [0, 0.05) is 62.3 Å². The monoisotopic (exact) mass is 469 g/mol. The van der Waals surface area contributed by atoms with Crippen LogP contribution < -0.4 is 9.80 Å². The number of benzene rings is 1. The molecule has 0 aliphatic carbocycles. The Kier molecular flexibility index (Phi) is 5.48. The van der Waals surface area contributed by atoms with Crippen LogP contribution in [0.4, 0.5) is 15.8 Å². The molecule has 2 N–H and O–H groups in total. The zero-order valence-electron chi connectivity index (χ0n) is 19.8. The fourth-order valence-electron chi connectivity index (χ4n) is 3.95. The number of aromatic nitrogens is 6. The molecule has 0 aliphatic heterocycles. The minimum absolute atomic E-state index is 0.362. The molecular formula is C25H24FN9. The molecule has 35 heavy (non-hydrogen) atoms. The third-order valence-electron chi connectivity index (χ3n) is 5.81. The highest BCUT2D eigenvalue weighted by Crippen LogP contribution is 2.34. The molecule has 0 fully saturated rings. The van der Waals surface area contributed by atoms with Gasteiger partial charge in [-0.3, -0.25) is 15.1 Å². The number of nitrogens with zero attached hydrogens (tertiary/aromatic N) is 7. The van der Waals surface area contributed by atoms with Gasteiger partial charge in [-0.2, -0.15) is 5.10 Å². The number of halogens is 1. The maximum absolute atomic E-state index is 15.0.